The zero-order valence-corrected chi connectivity index (χ0v) is 19.2. The molecule has 0 saturated carbocycles. The molecular formula is C26H22FN3O3S. The van der Waals surface area contributed by atoms with Crippen molar-refractivity contribution in [2.24, 2.45) is 0 Å². The molecule has 0 fully saturated rings. The summed E-state index contributed by atoms with van der Waals surface area (Å²) in [6.45, 7) is 2.14. The summed E-state index contributed by atoms with van der Waals surface area (Å²) in [6, 6.07) is 21.9. The Labute approximate surface area is 200 Å². The van der Waals surface area contributed by atoms with E-state index < -0.39 is 11.7 Å². The van der Waals surface area contributed by atoms with Gasteiger partial charge in [-0.15, -0.1) is 11.8 Å². The fraction of sp³-hybridized carbons (Fsp3) is 0.115. The van der Waals surface area contributed by atoms with E-state index in [9.17, 15) is 14.0 Å². The van der Waals surface area contributed by atoms with E-state index in [1.54, 1.807) is 30.3 Å². The van der Waals surface area contributed by atoms with Crippen molar-refractivity contribution < 1.29 is 18.5 Å². The topological polar surface area (TPSA) is 84.2 Å². The van der Waals surface area contributed by atoms with Crippen molar-refractivity contribution >= 4 is 29.3 Å². The van der Waals surface area contributed by atoms with Gasteiger partial charge in [0.25, 0.3) is 11.8 Å². The van der Waals surface area contributed by atoms with Crippen molar-refractivity contribution in [3.05, 3.63) is 113 Å². The predicted molar refractivity (Wildman–Crippen MR) is 129 cm³/mol. The van der Waals surface area contributed by atoms with Gasteiger partial charge in [-0.25, -0.2) is 4.39 Å². The molecule has 0 atom stereocenters. The second-order valence-electron chi connectivity index (χ2n) is 7.57. The second-order valence-corrected chi connectivity index (χ2v) is 8.58. The van der Waals surface area contributed by atoms with Gasteiger partial charge in [0.05, 0.1) is 17.0 Å². The Morgan fingerprint density at radius 2 is 1.79 bits per heavy atom. The lowest BCUT2D eigenvalue weighted by molar-refractivity contribution is 0.0947. The molecule has 2 amide bonds. The van der Waals surface area contributed by atoms with Crippen LogP contribution in [0.2, 0.25) is 0 Å². The van der Waals surface area contributed by atoms with Crippen LogP contribution in [0.25, 0.3) is 0 Å². The number of halogens is 1. The van der Waals surface area contributed by atoms with Crippen LogP contribution in [-0.4, -0.2) is 17.0 Å². The number of nitrogens with one attached hydrogen (secondary N) is 2. The van der Waals surface area contributed by atoms with E-state index in [2.05, 4.69) is 15.8 Å². The van der Waals surface area contributed by atoms with Crippen LogP contribution in [0.4, 0.5) is 10.1 Å². The van der Waals surface area contributed by atoms with Gasteiger partial charge in [-0.05, 0) is 55.0 Å². The van der Waals surface area contributed by atoms with Gasteiger partial charge in [0.2, 0.25) is 0 Å². The molecule has 2 N–H and O–H groups in total. The quantitative estimate of drug-likeness (QED) is 0.324. The number of aromatic nitrogens is 1. The minimum Gasteiger partial charge on any atom is -0.360 e. The maximum Gasteiger partial charge on any atom is 0.255 e. The minimum absolute atomic E-state index is 0.203. The highest BCUT2D eigenvalue weighted by Gasteiger charge is 2.13. The Balaban J connectivity index is 1.37. The molecule has 0 unspecified atom stereocenters. The summed E-state index contributed by atoms with van der Waals surface area (Å²) in [7, 11) is 0. The van der Waals surface area contributed by atoms with Crippen LogP contribution < -0.4 is 10.6 Å². The lowest BCUT2D eigenvalue weighted by Crippen LogP contribution is -2.23. The number of rotatable bonds is 8. The fourth-order valence-electron chi connectivity index (χ4n) is 3.28. The SMILES string of the molecule is Cc1cc(CSc2ccccc2C(=O)NCc2cccc(NC(=O)c3cccc(F)c3)c2)on1. The van der Waals surface area contributed by atoms with E-state index in [1.807, 2.05) is 37.3 Å². The van der Waals surface area contributed by atoms with Crippen molar-refractivity contribution in [2.75, 3.05) is 5.32 Å². The van der Waals surface area contributed by atoms with E-state index in [-0.39, 0.29) is 18.0 Å². The third-order valence-corrected chi connectivity index (χ3v) is 6.00. The summed E-state index contributed by atoms with van der Waals surface area (Å²) in [5.41, 5.74) is 2.98. The monoisotopic (exact) mass is 475 g/mol. The first kappa shape index (κ1) is 23.3. The zero-order chi connectivity index (χ0) is 23.9. The minimum atomic E-state index is -0.474. The first-order chi connectivity index (χ1) is 16.5. The Kier molecular flexibility index (Phi) is 7.39. The molecular weight excluding hydrogens is 453 g/mol. The summed E-state index contributed by atoms with van der Waals surface area (Å²) in [5.74, 6) is 0.228. The molecule has 0 aliphatic carbocycles. The summed E-state index contributed by atoms with van der Waals surface area (Å²) < 4.78 is 18.6. The van der Waals surface area contributed by atoms with Gasteiger partial charge in [0, 0.05) is 28.8 Å². The van der Waals surface area contributed by atoms with Crippen LogP contribution in [0.1, 0.15) is 37.7 Å². The number of anilines is 1. The summed E-state index contributed by atoms with van der Waals surface area (Å²) in [6.07, 6.45) is 0. The molecule has 1 heterocycles. The molecule has 6 nitrogen and oxygen atoms in total. The smallest absolute Gasteiger partial charge is 0.255 e. The largest absolute Gasteiger partial charge is 0.360 e. The first-order valence-corrected chi connectivity index (χ1v) is 11.5. The van der Waals surface area contributed by atoms with Crippen LogP contribution in [0.5, 0.6) is 0 Å². The van der Waals surface area contributed by atoms with E-state index in [4.69, 9.17) is 4.52 Å². The van der Waals surface area contributed by atoms with E-state index in [0.717, 1.165) is 21.9 Å². The number of amides is 2. The van der Waals surface area contributed by atoms with Gasteiger partial charge >= 0.3 is 0 Å². The van der Waals surface area contributed by atoms with Crippen LogP contribution in [-0.2, 0) is 12.3 Å². The van der Waals surface area contributed by atoms with Crippen molar-refractivity contribution in [3.8, 4) is 0 Å². The average Bonchev–Trinajstić information content (AvgIpc) is 3.26. The molecule has 4 rings (SSSR count). The van der Waals surface area contributed by atoms with Gasteiger partial charge in [-0.1, -0.05) is 35.5 Å². The standard InChI is InChI=1S/C26H22FN3O3S/c1-17-12-22(33-30-17)16-34-24-11-3-2-10-23(24)26(32)28-15-18-6-4-9-21(13-18)29-25(31)19-7-5-8-20(27)14-19/h2-14H,15-16H2,1H3,(H,28,32)(H,29,31). The fourth-order valence-corrected chi connectivity index (χ4v) is 4.21. The molecule has 8 heteroatoms. The number of carbonyl (C=O) groups excluding carboxylic acids is 2. The Bertz CT molecular complexity index is 1320. The number of benzene rings is 3. The van der Waals surface area contributed by atoms with Crippen LogP contribution in [0.3, 0.4) is 0 Å². The van der Waals surface area contributed by atoms with Gasteiger partial charge in [-0.2, -0.15) is 0 Å². The molecule has 34 heavy (non-hydrogen) atoms. The van der Waals surface area contributed by atoms with Gasteiger partial charge in [-0.3, -0.25) is 9.59 Å². The summed E-state index contributed by atoms with van der Waals surface area (Å²) in [5, 5.41) is 9.56. The van der Waals surface area contributed by atoms with E-state index in [0.29, 0.717) is 17.0 Å². The Hall–Kier alpha value is -3.91. The number of carbonyl (C=O) groups is 2. The average molecular weight is 476 g/mol. The highest BCUT2D eigenvalue weighted by molar-refractivity contribution is 7.98. The molecule has 172 valence electrons. The van der Waals surface area contributed by atoms with Crippen molar-refractivity contribution in [1.82, 2.24) is 10.5 Å². The number of thioether (sulfide) groups is 1. The van der Waals surface area contributed by atoms with Crippen molar-refractivity contribution in [3.63, 3.8) is 0 Å². The van der Waals surface area contributed by atoms with E-state index >= 15 is 0 Å². The highest BCUT2D eigenvalue weighted by Crippen LogP contribution is 2.26. The Morgan fingerprint density at radius 3 is 2.59 bits per heavy atom. The normalized spacial score (nSPS) is 10.6. The highest BCUT2D eigenvalue weighted by atomic mass is 32.2. The third kappa shape index (κ3) is 6.11. The second kappa shape index (κ2) is 10.8. The summed E-state index contributed by atoms with van der Waals surface area (Å²) in [4.78, 5) is 26.1. The van der Waals surface area contributed by atoms with Gasteiger partial charge in [0.15, 0.2) is 0 Å². The molecule has 0 saturated heterocycles. The number of nitrogens with zero attached hydrogens (tertiary/aromatic N) is 1. The zero-order valence-electron chi connectivity index (χ0n) is 18.4. The third-order valence-electron chi connectivity index (χ3n) is 4.90. The maximum absolute atomic E-state index is 13.4. The molecule has 4 aromatic rings. The predicted octanol–water partition coefficient (Wildman–Crippen LogP) is 5.60. The van der Waals surface area contributed by atoms with Crippen LogP contribution >= 0.6 is 11.8 Å². The number of aryl methyl sites for hydroxylation is 1. The first-order valence-electron chi connectivity index (χ1n) is 10.6. The van der Waals surface area contributed by atoms with Gasteiger partial charge in [0.1, 0.15) is 11.6 Å². The molecule has 0 aliphatic heterocycles. The van der Waals surface area contributed by atoms with Gasteiger partial charge < -0.3 is 15.2 Å². The molecule has 0 aliphatic rings. The van der Waals surface area contributed by atoms with Crippen LogP contribution in [0.15, 0.2) is 88.3 Å². The molecule has 0 bridgehead atoms. The summed E-state index contributed by atoms with van der Waals surface area (Å²) >= 11 is 1.50. The molecule has 0 spiro atoms. The van der Waals surface area contributed by atoms with Crippen LogP contribution in [0, 0.1) is 12.7 Å². The lowest BCUT2D eigenvalue weighted by Gasteiger charge is -2.11. The molecule has 3 aromatic carbocycles. The maximum atomic E-state index is 13.4. The van der Waals surface area contributed by atoms with Crippen molar-refractivity contribution in [1.29, 1.82) is 0 Å². The Morgan fingerprint density at radius 1 is 0.971 bits per heavy atom. The molecule has 0 radical (unpaired) electrons. The number of hydrogen-bond acceptors (Lipinski definition) is 5. The lowest BCUT2D eigenvalue weighted by atomic mass is 10.1. The number of hydrogen-bond donors (Lipinski definition) is 2. The van der Waals surface area contributed by atoms with E-state index in [1.165, 1.54) is 30.0 Å². The van der Waals surface area contributed by atoms with Crippen molar-refractivity contribution in [2.45, 2.75) is 24.1 Å². The molecule has 1 aromatic heterocycles.